The molecule has 1 heterocycles. The van der Waals surface area contributed by atoms with Crippen LogP contribution in [0.3, 0.4) is 0 Å². The standard InChI is InChI=1S/C18H24ClN4OP/c1-25(2,24)16-11-7-6-10-15(16)22-17-14(19)12-20-18(23-17)21-13-8-4-3-5-9-13/h6-7,10-13H,3-5,8-9H2,1-2H3,(H2,20,21,22,23). The molecular formula is C18H24ClN4OP. The first-order valence-corrected chi connectivity index (χ1v) is 11.6. The molecule has 5 nitrogen and oxygen atoms in total. The zero-order valence-electron chi connectivity index (χ0n) is 14.6. The molecule has 7 heteroatoms. The molecular weight excluding hydrogens is 355 g/mol. The largest absolute Gasteiger partial charge is 0.351 e. The number of aromatic nitrogens is 2. The maximum Gasteiger partial charge on any atom is 0.224 e. The molecule has 0 spiro atoms. The Morgan fingerprint density at radius 2 is 1.88 bits per heavy atom. The van der Waals surface area contributed by atoms with Crippen molar-refractivity contribution in [3.63, 3.8) is 0 Å². The Morgan fingerprint density at radius 3 is 2.60 bits per heavy atom. The molecule has 0 bridgehead atoms. The lowest BCUT2D eigenvalue weighted by Gasteiger charge is -2.23. The van der Waals surface area contributed by atoms with Crippen LogP contribution < -0.4 is 15.9 Å². The number of halogens is 1. The first-order valence-electron chi connectivity index (χ1n) is 8.64. The molecule has 1 saturated carbocycles. The molecule has 1 aliphatic rings. The summed E-state index contributed by atoms with van der Waals surface area (Å²) in [4.78, 5) is 8.83. The highest BCUT2D eigenvalue weighted by Gasteiger charge is 2.18. The van der Waals surface area contributed by atoms with Crippen LogP contribution in [-0.4, -0.2) is 29.3 Å². The van der Waals surface area contributed by atoms with Crippen LogP contribution in [0.15, 0.2) is 30.5 Å². The van der Waals surface area contributed by atoms with Crippen LogP contribution in [0.4, 0.5) is 17.5 Å². The average Bonchev–Trinajstić information content (AvgIpc) is 2.58. The summed E-state index contributed by atoms with van der Waals surface area (Å²) in [6.07, 6.45) is 7.68. The monoisotopic (exact) mass is 378 g/mol. The molecule has 1 aromatic carbocycles. The van der Waals surface area contributed by atoms with Crippen molar-refractivity contribution >= 4 is 41.5 Å². The number of nitrogens with zero attached hydrogens (tertiary/aromatic N) is 2. The van der Waals surface area contributed by atoms with Crippen LogP contribution in [0.1, 0.15) is 32.1 Å². The van der Waals surface area contributed by atoms with Crippen LogP contribution >= 0.6 is 18.7 Å². The minimum absolute atomic E-state index is 0.418. The van der Waals surface area contributed by atoms with Gasteiger partial charge in [-0.1, -0.05) is 43.0 Å². The van der Waals surface area contributed by atoms with Crippen molar-refractivity contribution in [2.75, 3.05) is 24.0 Å². The van der Waals surface area contributed by atoms with E-state index < -0.39 is 7.14 Å². The fraction of sp³-hybridized carbons (Fsp3) is 0.444. The maximum atomic E-state index is 12.5. The highest BCUT2D eigenvalue weighted by molar-refractivity contribution is 7.70. The van der Waals surface area contributed by atoms with Crippen LogP contribution in [-0.2, 0) is 4.57 Å². The highest BCUT2D eigenvalue weighted by atomic mass is 35.5. The zero-order valence-corrected chi connectivity index (χ0v) is 16.3. The van der Waals surface area contributed by atoms with Gasteiger partial charge in [0, 0.05) is 11.3 Å². The molecule has 1 aliphatic carbocycles. The van der Waals surface area contributed by atoms with Crippen molar-refractivity contribution in [2.45, 2.75) is 38.1 Å². The molecule has 1 fully saturated rings. The first-order chi connectivity index (χ1) is 11.9. The SMILES string of the molecule is CP(C)(=O)c1ccccc1Nc1nc(NC2CCCCC2)ncc1Cl. The number of hydrogen-bond acceptors (Lipinski definition) is 5. The lowest BCUT2D eigenvalue weighted by Crippen LogP contribution is -2.23. The van der Waals surface area contributed by atoms with Crippen LogP contribution in [0.2, 0.25) is 5.02 Å². The normalized spacial score (nSPS) is 15.8. The Hall–Kier alpha value is -1.58. The van der Waals surface area contributed by atoms with E-state index in [1.165, 1.54) is 19.3 Å². The Bertz CT molecular complexity index is 786. The molecule has 134 valence electrons. The summed E-state index contributed by atoms with van der Waals surface area (Å²) in [5, 5.41) is 7.85. The smallest absolute Gasteiger partial charge is 0.224 e. The quantitative estimate of drug-likeness (QED) is 0.727. The van der Waals surface area contributed by atoms with Gasteiger partial charge in [-0.3, -0.25) is 0 Å². The molecule has 2 aromatic rings. The molecule has 1 aromatic heterocycles. The van der Waals surface area contributed by atoms with Gasteiger partial charge in [-0.05, 0) is 38.3 Å². The van der Waals surface area contributed by atoms with Gasteiger partial charge in [-0.15, -0.1) is 0 Å². The van der Waals surface area contributed by atoms with Gasteiger partial charge >= 0.3 is 0 Å². The number of hydrogen-bond donors (Lipinski definition) is 2. The molecule has 0 radical (unpaired) electrons. The minimum Gasteiger partial charge on any atom is -0.351 e. The number of benzene rings is 1. The Labute approximate surface area is 154 Å². The molecule has 0 amide bonds. The summed E-state index contributed by atoms with van der Waals surface area (Å²) in [6.45, 7) is 3.51. The van der Waals surface area contributed by atoms with E-state index in [0.717, 1.165) is 23.8 Å². The van der Waals surface area contributed by atoms with Gasteiger partial charge in [0.05, 0.1) is 11.9 Å². The van der Waals surface area contributed by atoms with Crippen LogP contribution in [0.5, 0.6) is 0 Å². The first kappa shape index (κ1) is 18.2. The van der Waals surface area contributed by atoms with Crippen LogP contribution in [0.25, 0.3) is 0 Å². The van der Waals surface area contributed by atoms with Crippen molar-refractivity contribution in [3.05, 3.63) is 35.5 Å². The molecule has 25 heavy (non-hydrogen) atoms. The third-order valence-corrected chi connectivity index (χ3v) is 6.25. The lowest BCUT2D eigenvalue weighted by atomic mass is 9.96. The van der Waals surface area contributed by atoms with E-state index in [4.69, 9.17) is 11.6 Å². The van der Waals surface area contributed by atoms with Crippen molar-refractivity contribution < 1.29 is 4.57 Å². The van der Waals surface area contributed by atoms with E-state index in [9.17, 15) is 4.57 Å². The fourth-order valence-corrected chi connectivity index (χ4v) is 4.42. The number of para-hydroxylation sites is 1. The molecule has 0 unspecified atom stereocenters. The number of rotatable bonds is 5. The van der Waals surface area contributed by atoms with E-state index in [0.29, 0.717) is 22.8 Å². The van der Waals surface area contributed by atoms with Gasteiger partial charge in [0.15, 0.2) is 5.82 Å². The zero-order chi connectivity index (χ0) is 17.9. The van der Waals surface area contributed by atoms with E-state index >= 15 is 0 Å². The third-order valence-electron chi connectivity index (χ3n) is 4.42. The van der Waals surface area contributed by atoms with E-state index in [1.807, 2.05) is 24.3 Å². The van der Waals surface area contributed by atoms with Gasteiger partial charge in [0.2, 0.25) is 5.95 Å². The van der Waals surface area contributed by atoms with Crippen molar-refractivity contribution in [2.24, 2.45) is 0 Å². The molecule has 3 rings (SSSR count). The maximum absolute atomic E-state index is 12.5. The summed E-state index contributed by atoms with van der Waals surface area (Å²) in [6, 6.07) is 7.97. The molecule has 0 aliphatic heterocycles. The van der Waals surface area contributed by atoms with Crippen molar-refractivity contribution in [3.8, 4) is 0 Å². The summed E-state index contributed by atoms with van der Waals surface area (Å²) < 4.78 is 12.5. The van der Waals surface area contributed by atoms with Crippen molar-refractivity contribution in [1.29, 1.82) is 0 Å². The summed E-state index contributed by atoms with van der Waals surface area (Å²) >= 11 is 6.27. The second kappa shape index (κ2) is 7.76. The van der Waals surface area contributed by atoms with Gasteiger partial charge in [0.1, 0.15) is 12.2 Å². The molecule has 2 N–H and O–H groups in total. The number of nitrogens with one attached hydrogen (secondary N) is 2. The third kappa shape index (κ3) is 4.74. The van der Waals surface area contributed by atoms with E-state index in [2.05, 4.69) is 20.6 Å². The Balaban J connectivity index is 1.83. The Morgan fingerprint density at radius 1 is 1.16 bits per heavy atom. The number of anilines is 3. The van der Waals surface area contributed by atoms with Gasteiger partial charge < -0.3 is 15.2 Å². The molecule has 0 atom stereocenters. The van der Waals surface area contributed by atoms with Crippen molar-refractivity contribution in [1.82, 2.24) is 9.97 Å². The van der Waals surface area contributed by atoms with Gasteiger partial charge in [0.25, 0.3) is 0 Å². The second-order valence-corrected chi connectivity index (χ2v) is 10.5. The van der Waals surface area contributed by atoms with Gasteiger partial charge in [-0.25, -0.2) is 4.98 Å². The Kier molecular flexibility index (Phi) is 5.65. The lowest BCUT2D eigenvalue weighted by molar-refractivity contribution is 0.461. The molecule has 0 saturated heterocycles. The predicted octanol–water partition coefficient (Wildman–Crippen LogP) is 4.87. The average molecular weight is 379 g/mol. The van der Waals surface area contributed by atoms with Crippen LogP contribution in [0, 0.1) is 0 Å². The van der Waals surface area contributed by atoms with Gasteiger partial charge in [-0.2, -0.15) is 4.98 Å². The predicted molar refractivity (Wildman–Crippen MR) is 106 cm³/mol. The topological polar surface area (TPSA) is 66.9 Å². The van der Waals surface area contributed by atoms with E-state index in [1.54, 1.807) is 19.5 Å². The van der Waals surface area contributed by atoms with E-state index in [-0.39, 0.29) is 0 Å². The summed E-state index contributed by atoms with van der Waals surface area (Å²) in [7, 11) is -2.41. The highest BCUT2D eigenvalue weighted by Crippen LogP contribution is 2.38. The summed E-state index contributed by atoms with van der Waals surface area (Å²) in [5.74, 6) is 1.10. The summed E-state index contributed by atoms with van der Waals surface area (Å²) in [5.41, 5.74) is 0.764. The second-order valence-electron chi connectivity index (χ2n) is 6.86. The minimum atomic E-state index is -2.41. The fourth-order valence-electron chi connectivity index (χ4n) is 3.13.